The molecule has 0 spiro atoms. The van der Waals surface area contributed by atoms with Gasteiger partial charge in [-0.05, 0) is 12.1 Å². The number of hydrogen-bond acceptors (Lipinski definition) is 7. The lowest BCUT2D eigenvalue weighted by Gasteiger charge is -2.37. The summed E-state index contributed by atoms with van der Waals surface area (Å²) in [6.45, 7) is 4.56. The van der Waals surface area contributed by atoms with Gasteiger partial charge in [-0.25, -0.2) is 9.97 Å². The molecule has 2 aliphatic rings. The monoisotopic (exact) mass is 470 g/mol. The fourth-order valence-corrected chi connectivity index (χ4v) is 4.26. The zero-order valence-corrected chi connectivity index (χ0v) is 18.6. The number of pyridine rings is 1. The Morgan fingerprint density at radius 1 is 0.765 bits per heavy atom. The van der Waals surface area contributed by atoms with Crippen molar-refractivity contribution in [3.63, 3.8) is 0 Å². The Kier molecular flexibility index (Phi) is 6.23. The summed E-state index contributed by atoms with van der Waals surface area (Å²) in [6.07, 6.45) is -3.04. The summed E-state index contributed by atoms with van der Waals surface area (Å²) in [4.78, 5) is 19.6. The summed E-state index contributed by atoms with van der Waals surface area (Å²) in [7, 11) is 0. The van der Waals surface area contributed by atoms with E-state index in [1.807, 2.05) is 41.3 Å². The first kappa shape index (κ1) is 22.4. The van der Waals surface area contributed by atoms with Gasteiger partial charge in [-0.2, -0.15) is 18.2 Å². The number of nitrogens with zero attached hydrogens (tertiary/aromatic N) is 6. The molecule has 0 atom stereocenters. The molecule has 0 aliphatic carbocycles. The molecule has 0 radical (unpaired) electrons. The molecule has 1 aromatic carbocycles. The van der Waals surface area contributed by atoms with Gasteiger partial charge >= 0.3 is 6.18 Å². The fraction of sp³-hybridized carbons (Fsp3) is 0.375. The van der Waals surface area contributed by atoms with Gasteiger partial charge < -0.3 is 19.4 Å². The summed E-state index contributed by atoms with van der Waals surface area (Å²) in [5.74, 6) is 1.39. The largest absolute Gasteiger partial charge is 0.419 e. The van der Waals surface area contributed by atoms with E-state index in [4.69, 9.17) is 14.7 Å². The molecule has 2 aliphatic heterocycles. The molecule has 2 saturated heterocycles. The Labute approximate surface area is 195 Å². The van der Waals surface area contributed by atoms with E-state index in [1.165, 1.54) is 12.3 Å². The van der Waals surface area contributed by atoms with Crippen LogP contribution in [0.25, 0.3) is 11.3 Å². The van der Waals surface area contributed by atoms with E-state index in [2.05, 4.69) is 9.88 Å². The first-order valence-electron chi connectivity index (χ1n) is 11.3. The highest BCUT2D eigenvalue weighted by atomic mass is 19.4. The number of alkyl halides is 3. The van der Waals surface area contributed by atoms with Crippen LogP contribution in [0.15, 0.2) is 54.7 Å². The highest BCUT2D eigenvalue weighted by Gasteiger charge is 2.36. The Morgan fingerprint density at radius 3 is 2.18 bits per heavy atom. The average molecular weight is 470 g/mol. The van der Waals surface area contributed by atoms with E-state index in [9.17, 15) is 13.2 Å². The van der Waals surface area contributed by atoms with Crippen molar-refractivity contribution in [3.8, 4) is 11.3 Å². The van der Waals surface area contributed by atoms with Crippen LogP contribution in [0.5, 0.6) is 0 Å². The number of aromatic nitrogens is 3. The molecule has 0 amide bonds. The maximum absolute atomic E-state index is 13.5. The molecule has 2 fully saturated rings. The van der Waals surface area contributed by atoms with Crippen LogP contribution in [0, 0.1) is 0 Å². The molecule has 5 rings (SSSR count). The highest BCUT2D eigenvalue weighted by Crippen LogP contribution is 2.35. The lowest BCUT2D eigenvalue weighted by Crippen LogP contribution is -2.48. The van der Waals surface area contributed by atoms with Crippen LogP contribution in [-0.4, -0.2) is 67.4 Å². The van der Waals surface area contributed by atoms with Crippen molar-refractivity contribution < 1.29 is 17.9 Å². The maximum Gasteiger partial charge on any atom is 0.419 e. The van der Waals surface area contributed by atoms with Crippen LogP contribution >= 0.6 is 0 Å². The van der Waals surface area contributed by atoms with Crippen molar-refractivity contribution in [2.45, 2.75) is 6.18 Å². The second-order valence-electron chi connectivity index (χ2n) is 8.22. The predicted octanol–water partition coefficient (Wildman–Crippen LogP) is 3.72. The van der Waals surface area contributed by atoms with E-state index >= 15 is 0 Å². The minimum absolute atomic E-state index is 0.0254. The lowest BCUT2D eigenvalue weighted by atomic mass is 10.1. The zero-order valence-electron chi connectivity index (χ0n) is 18.6. The second-order valence-corrected chi connectivity index (χ2v) is 8.22. The summed E-state index contributed by atoms with van der Waals surface area (Å²) in [5, 5.41) is 0. The van der Waals surface area contributed by atoms with E-state index in [-0.39, 0.29) is 5.82 Å². The first-order chi connectivity index (χ1) is 16.5. The topological polar surface area (TPSA) is 57.6 Å². The predicted molar refractivity (Wildman–Crippen MR) is 124 cm³/mol. The van der Waals surface area contributed by atoms with Crippen LogP contribution in [0.4, 0.5) is 30.8 Å². The third-order valence-corrected chi connectivity index (χ3v) is 6.06. The van der Waals surface area contributed by atoms with E-state index in [0.29, 0.717) is 45.3 Å². The van der Waals surface area contributed by atoms with Gasteiger partial charge in [-0.3, -0.25) is 0 Å². The standard InChI is InChI=1S/C24H25F3N6O/c25-24(26,27)19-7-4-8-28-22(19)32-9-11-33(12-10-32)23-29-20(18-5-2-1-3-6-18)17-21(30-23)31-13-15-34-16-14-31/h1-8,17H,9-16H2. The molecule has 3 aromatic rings. The minimum Gasteiger partial charge on any atom is -0.378 e. The summed E-state index contributed by atoms with van der Waals surface area (Å²) < 4.78 is 45.9. The van der Waals surface area contributed by atoms with Crippen molar-refractivity contribution in [1.29, 1.82) is 0 Å². The van der Waals surface area contributed by atoms with Crippen molar-refractivity contribution >= 4 is 17.6 Å². The molecule has 178 valence electrons. The number of halogens is 3. The van der Waals surface area contributed by atoms with Gasteiger partial charge in [-0.15, -0.1) is 0 Å². The number of ether oxygens (including phenoxy) is 1. The maximum atomic E-state index is 13.5. The zero-order chi connectivity index (χ0) is 23.5. The molecule has 4 heterocycles. The molecule has 34 heavy (non-hydrogen) atoms. The van der Waals surface area contributed by atoms with Crippen molar-refractivity contribution in [3.05, 3.63) is 60.3 Å². The summed E-state index contributed by atoms with van der Waals surface area (Å²) >= 11 is 0. The van der Waals surface area contributed by atoms with Crippen LogP contribution in [0.2, 0.25) is 0 Å². The van der Waals surface area contributed by atoms with Crippen LogP contribution in [0.3, 0.4) is 0 Å². The van der Waals surface area contributed by atoms with E-state index < -0.39 is 11.7 Å². The molecular formula is C24H25F3N6O. The van der Waals surface area contributed by atoms with Gasteiger partial charge in [0.05, 0.1) is 24.5 Å². The molecule has 10 heteroatoms. The van der Waals surface area contributed by atoms with Gasteiger partial charge in [0.1, 0.15) is 11.6 Å². The van der Waals surface area contributed by atoms with Crippen molar-refractivity contribution in [1.82, 2.24) is 15.0 Å². The van der Waals surface area contributed by atoms with Crippen LogP contribution < -0.4 is 14.7 Å². The Balaban J connectivity index is 1.40. The minimum atomic E-state index is -4.44. The SMILES string of the molecule is FC(F)(F)c1cccnc1N1CCN(c2nc(-c3ccccc3)cc(N3CCOCC3)n2)CC1. The number of piperazine rings is 1. The van der Waals surface area contributed by atoms with Gasteiger partial charge in [0.2, 0.25) is 5.95 Å². The van der Waals surface area contributed by atoms with E-state index in [1.54, 1.807) is 4.90 Å². The number of benzene rings is 1. The van der Waals surface area contributed by atoms with Crippen LogP contribution in [0.1, 0.15) is 5.56 Å². The molecule has 2 aromatic heterocycles. The molecule has 7 nitrogen and oxygen atoms in total. The summed E-state index contributed by atoms with van der Waals surface area (Å²) in [6, 6.07) is 14.3. The van der Waals surface area contributed by atoms with Gasteiger partial charge in [-0.1, -0.05) is 30.3 Å². The quantitative estimate of drug-likeness (QED) is 0.576. The Morgan fingerprint density at radius 2 is 1.47 bits per heavy atom. The smallest absolute Gasteiger partial charge is 0.378 e. The summed E-state index contributed by atoms with van der Waals surface area (Å²) in [5.41, 5.74) is 1.10. The normalized spacial score (nSPS) is 17.2. The molecular weight excluding hydrogens is 445 g/mol. The number of rotatable bonds is 4. The highest BCUT2D eigenvalue weighted by molar-refractivity contribution is 5.65. The molecule has 0 saturated carbocycles. The molecule has 0 unspecified atom stereocenters. The second kappa shape index (κ2) is 9.46. The van der Waals surface area contributed by atoms with E-state index in [0.717, 1.165) is 36.2 Å². The van der Waals surface area contributed by atoms with Crippen molar-refractivity contribution in [2.24, 2.45) is 0 Å². The van der Waals surface area contributed by atoms with Gasteiger partial charge in [0.25, 0.3) is 0 Å². The van der Waals surface area contributed by atoms with Crippen molar-refractivity contribution in [2.75, 3.05) is 67.2 Å². The fourth-order valence-electron chi connectivity index (χ4n) is 4.26. The lowest BCUT2D eigenvalue weighted by molar-refractivity contribution is -0.137. The molecule has 0 bridgehead atoms. The number of morpholine rings is 1. The number of hydrogen-bond donors (Lipinski definition) is 0. The Bertz CT molecular complexity index is 1110. The molecule has 0 N–H and O–H groups in total. The van der Waals surface area contributed by atoms with Gasteiger partial charge in [0.15, 0.2) is 0 Å². The third-order valence-electron chi connectivity index (χ3n) is 6.06. The Hall–Kier alpha value is -3.40. The first-order valence-corrected chi connectivity index (χ1v) is 11.3. The average Bonchev–Trinajstić information content (AvgIpc) is 2.89. The van der Waals surface area contributed by atoms with Crippen LogP contribution in [-0.2, 0) is 10.9 Å². The van der Waals surface area contributed by atoms with Gasteiger partial charge in [0, 0.05) is 57.1 Å². The number of anilines is 3. The third kappa shape index (κ3) is 4.77.